The Balaban J connectivity index is 1.95. The summed E-state index contributed by atoms with van der Waals surface area (Å²) in [5.74, 6) is 0.371. The van der Waals surface area contributed by atoms with E-state index < -0.39 is 0 Å². The van der Waals surface area contributed by atoms with Crippen LogP contribution in [-0.4, -0.2) is 10.2 Å². The highest BCUT2D eigenvalue weighted by atomic mass is 15.1. The normalized spacial score (nSPS) is 17.5. The van der Waals surface area contributed by atoms with E-state index >= 15 is 0 Å². The Hall–Kier alpha value is -2.34. The number of rotatable bonds is 1. The van der Waals surface area contributed by atoms with Crippen molar-refractivity contribution < 1.29 is 0 Å². The van der Waals surface area contributed by atoms with Crippen LogP contribution in [0.25, 0.3) is 6.08 Å². The van der Waals surface area contributed by atoms with Gasteiger partial charge in [-0.3, -0.25) is 5.10 Å². The van der Waals surface area contributed by atoms with Crippen molar-refractivity contribution in [2.75, 3.05) is 0 Å². The number of aromatic nitrogens is 2. The van der Waals surface area contributed by atoms with Crippen LogP contribution in [-0.2, 0) is 6.42 Å². The van der Waals surface area contributed by atoms with E-state index in [1.165, 1.54) is 5.56 Å². The van der Waals surface area contributed by atoms with Crippen LogP contribution in [0.2, 0.25) is 0 Å². The van der Waals surface area contributed by atoms with Gasteiger partial charge in [-0.1, -0.05) is 42.5 Å². The summed E-state index contributed by atoms with van der Waals surface area (Å²) in [6.45, 7) is 0. The topological polar surface area (TPSA) is 52.5 Å². The molecule has 1 unspecified atom stereocenters. The summed E-state index contributed by atoms with van der Waals surface area (Å²) in [4.78, 5) is 0. The summed E-state index contributed by atoms with van der Waals surface area (Å²) < 4.78 is 0. The average molecular weight is 221 g/mol. The first-order chi connectivity index (χ1) is 8.38. The average Bonchev–Trinajstić information content (AvgIpc) is 2.81. The van der Waals surface area contributed by atoms with E-state index in [1.807, 2.05) is 24.3 Å². The summed E-state index contributed by atoms with van der Waals surface area (Å²) in [6.07, 6.45) is 5.02. The Morgan fingerprint density at radius 3 is 2.88 bits per heavy atom. The SMILES string of the molecule is N#Cc1n[nH]c2c1C=CC(c1ccccc1)C2. The number of hydrogen-bond donors (Lipinski definition) is 1. The van der Waals surface area contributed by atoms with Crippen molar-refractivity contribution in [3.05, 3.63) is 58.9 Å². The van der Waals surface area contributed by atoms with E-state index in [0.29, 0.717) is 11.6 Å². The second kappa shape index (κ2) is 3.91. The zero-order valence-electron chi connectivity index (χ0n) is 9.22. The number of fused-ring (bicyclic) bond motifs is 1. The maximum absolute atomic E-state index is 8.90. The minimum atomic E-state index is 0.371. The van der Waals surface area contributed by atoms with Crippen LogP contribution in [0, 0.1) is 11.3 Å². The van der Waals surface area contributed by atoms with E-state index in [9.17, 15) is 0 Å². The second-order valence-electron chi connectivity index (χ2n) is 4.16. The van der Waals surface area contributed by atoms with Gasteiger partial charge in [0, 0.05) is 23.6 Å². The number of nitrogens with one attached hydrogen (secondary N) is 1. The van der Waals surface area contributed by atoms with Gasteiger partial charge in [0.1, 0.15) is 6.07 Å². The fourth-order valence-corrected chi connectivity index (χ4v) is 2.24. The Morgan fingerprint density at radius 1 is 1.29 bits per heavy atom. The highest BCUT2D eigenvalue weighted by molar-refractivity contribution is 5.61. The quantitative estimate of drug-likeness (QED) is 0.804. The van der Waals surface area contributed by atoms with Crippen molar-refractivity contribution in [1.82, 2.24) is 10.2 Å². The first kappa shape index (κ1) is 9.86. The smallest absolute Gasteiger partial charge is 0.169 e. The first-order valence-corrected chi connectivity index (χ1v) is 5.59. The molecule has 0 bridgehead atoms. The van der Waals surface area contributed by atoms with Gasteiger partial charge in [0.05, 0.1) is 0 Å². The van der Waals surface area contributed by atoms with E-state index in [4.69, 9.17) is 5.26 Å². The van der Waals surface area contributed by atoms with Crippen LogP contribution < -0.4 is 0 Å². The number of aromatic amines is 1. The van der Waals surface area contributed by atoms with E-state index in [2.05, 4.69) is 34.5 Å². The van der Waals surface area contributed by atoms with Gasteiger partial charge in [-0.25, -0.2) is 0 Å². The molecular formula is C14H11N3. The fourth-order valence-electron chi connectivity index (χ4n) is 2.24. The van der Waals surface area contributed by atoms with Crippen LogP contribution in [0.15, 0.2) is 36.4 Å². The number of hydrogen-bond acceptors (Lipinski definition) is 2. The molecule has 0 amide bonds. The highest BCUT2D eigenvalue weighted by Crippen LogP contribution is 2.29. The molecule has 1 atom stereocenters. The van der Waals surface area contributed by atoms with Crippen molar-refractivity contribution in [2.45, 2.75) is 12.3 Å². The van der Waals surface area contributed by atoms with Crippen molar-refractivity contribution in [1.29, 1.82) is 5.26 Å². The molecule has 1 aromatic heterocycles. The lowest BCUT2D eigenvalue weighted by Gasteiger charge is -2.16. The third kappa shape index (κ3) is 1.64. The lowest BCUT2D eigenvalue weighted by Crippen LogP contribution is -2.05. The molecule has 0 fully saturated rings. The summed E-state index contributed by atoms with van der Waals surface area (Å²) in [7, 11) is 0. The zero-order chi connectivity index (χ0) is 11.7. The predicted octanol–water partition coefficient (Wildman–Crippen LogP) is 2.63. The lowest BCUT2D eigenvalue weighted by atomic mass is 9.88. The molecule has 1 aliphatic carbocycles. The van der Waals surface area contributed by atoms with Crippen LogP contribution in [0.1, 0.15) is 28.4 Å². The molecule has 1 aliphatic rings. The molecule has 3 heteroatoms. The van der Waals surface area contributed by atoms with Gasteiger partial charge in [0.25, 0.3) is 0 Å². The van der Waals surface area contributed by atoms with Gasteiger partial charge in [-0.2, -0.15) is 10.4 Å². The van der Waals surface area contributed by atoms with Crippen molar-refractivity contribution in [2.24, 2.45) is 0 Å². The summed E-state index contributed by atoms with van der Waals surface area (Å²) in [5.41, 5.74) is 3.78. The Morgan fingerprint density at radius 2 is 2.12 bits per heavy atom. The summed E-state index contributed by atoms with van der Waals surface area (Å²) in [6, 6.07) is 12.5. The monoisotopic (exact) mass is 221 g/mol. The Bertz CT molecular complexity index is 602. The number of nitriles is 1. The molecule has 82 valence electrons. The molecule has 17 heavy (non-hydrogen) atoms. The fraction of sp³-hybridized carbons (Fsp3) is 0.143. The number of benzene rings is 1. The third-order valence-electron chi connectivity index (χ3n) is 3.14. The molecule has 3 nitrogen and oxygen atoms in total. The molecule has 2 aromatic rings. The molecular weight excluding hydrogens is 210 g/mol. The summed E-state index contributed by atoms with van der Waals surface area (Å²) in [5, 5.41) is 15.9. The van der Waals surface area contributed by atoms with Crippen molar-refractivity contribution >= 4 is 6.08 Å². The van der Waals surface area contributed by atoms with Gasteiger partial charge in [-0.05, 0) is 5.56 Å². The van der Waals surface area contributed by atoms with Gasteiger partial charge in [0.2, 0.25) is 0 Å². The lowest BCUT2D eigenvalue weighted by molar-refractivity contribution is 0.794. The van der Waals surface area contributed by atoms with Gasteiger partial charge in [0.15, 0.2) is 5.69 Å². The molecule has 0 spiro atoms. The molecule has 1 aromatic carbocycles. The van der Waals surface area contributed by atoms with Crippen LogP contribution >= 0.6 is 0 Å². The highest BCUT2D eigenvalue weighted by Gasteiger charge is 2.19. The number of allylic oxidation sites excluding steroid dienone is 1. The molecule has 0 aliphatic heterocycles. The van der Waals surface area contributed by atoms with E-state index in [-0.39, 0.29) is 0 Å². The van der Waals surface area contributed by atoms with Gasteiger partial charge in [-0.15, -0.1) is 0 Å². The first-order valence-electron chi connectivity index (χ1n) is 5.59. The molecule has 0 radical (unpaired) electrons. The zero-order valence-corrected chi connectivity index (χ0v) is 9.22. The largest absolute Gasteiger partial charge is 0.281 e. The molecule has 0 saturated carbocycles. The molecule has 3 rings (SSSR count). The third-order valence-corrected chi connectivity index (χ3v) is 3.14. The summed E-state index contributed by atoms with van der Waals surface area (Å²) >= 11 is 0. The van der Waals surface area contributed by atoms with E-state index in [0.717, 1.165) is 17.7 Å². The van der Waals surface area contributed by atoms with Gasteiger partial charge < -0.3 is 0 Å². The van der Waals surface area contributed by atoms with Crippen molar-refractivity contribution in [3.8, 4) is 6.07 Å². The molecule has 1 N–H and O–H groups in total. The number of nitrogens with zero attached hydrogens (tertiary/aromatic N) is 2. The van der Waals surface area contributed by atoms with Crippen LogP contribution in [0.4, 0.5) is 0 Å². The Labute approximate surface area is 99.4 Å². The van der Waals surface area contributed by atoms with Crippen LogP contribution in [0.5, 0.6) is 0 Å². The maximum atomic E-state index is 8.90. The molecule has 1 heterocycles. The van der Waals surface area contributed by atoms with Gasteiger partial charge >= 0.3 is 0 Å². The van der Waals surface area contributed by atoms with Crippen molar-refractivity contribution in [3.63, 3.8) is 0 Å². The minimum absolute atomic E-state index is 0.371. The number of H-pyrrole nitrogens is 1. The minimum Gasteiger partial charge on any atom is -0.281 e. The van der Waals surface area contributed by atoms with E-state index in [1.54, 1.807) is 0 Å². The maximum Gasteiger partial charge on any atom is 0.169 e. The Kier molecular flexibility index (Phi) is 2.27. The molecule has 0 saturated heterocycles. The van der Waals surface area contributed by atoms with Crippen LogP contribution in [0.3, 0.4) is 0 Å². The predicted molar refractivity (Wildman–Crippen MR) is 65.2 cm³/mol. The second-order valence-corrected chi connectivity index (χ2v) is 4.16. The standard InChI is InChI=1S/C14H11N3/c15-9-14-12-7-6-11(8-13(12)16-17-14)10-4-2-1-3-5-10/h1-7,11H,8H2,(H,16,17).